The Balaban J connectivity index is 2.06. The molecular weight excluding hydrogens is 421 g/mol. The number of aliphatic carboxylic acids is 1. The summed E-state index contributed by atoms with van der Waals surface area (Å²) in [6, 6.07) is 2.63. The van der Waals surface area contributed by atoms with Gasteiger partial charge in [0.2, 0.25) is 0 Å². The predicted octanol–water partition coefficient (Wildman–Crippen LogP) is 6.86. The van der Waals surface area contributed by atoms with Crippen LogP contribution in [0.1, 0.15) is 89.7 Å². The minimum atomic E-state index is -4.49. The molecule has 1 aromatic carbocycles. The topological polar surface area (TPSA) is 66.8 Å². The van der Waals surface area contributed by atoms with Crippen LogP contribution in [0.15, 0.2) is 23.8 Å². The lowest BCUT2D eigenvalue weighted by Gasteiger charge is -2.47. The summed E-state index contributed by atoms with van der Waals surface area (Å²) < 4.78 is 48.8. The maximum Gasteiger partial charge on any atom is 0.398 e. The highest BCUT2D eigenvalue weighted by atomic mass is 19.4. The van der Waals surface area contributed by atoms with Gasteiger partial charge in [-0.2, -0.15) is 13.2 Å². The number of benzene rings is 1. The van der Waals surface area contributed by atoms with Gasteiger partial charge in [0.05, 0.1) is 5.41 Å². The van der Waals surface area contributed by atoms with E-state index in [4.69, 9.17) is 4.74 Å². The fraction of sp³-hybridized carbons (Fsp3) is 0.640. The van der Waals surface area contributed by atoms with Gasteiger partial charge in [0, 0.05) is 23.0 Å². The largest absolute Gasteiger partial charge is 0.508 e. The van der Waals surface area contributed by atoms with Gasteiger partial charge in [0.1, 0.15) is 17.1 Å². The first-order valence-corrected chi connectivity index (χ1v) is 11.4. The SMILES string of the molecule is CCCCCCC(C)(c1cc(O)c2c(c1)OC(C)(C)[C@@H]1CC=C(C(=O)O)C[C@@H]21)C(F)(F)F. The van der Waals surface area contributed by atoms with Crippen LogP contribution in [0, 0.1) is 5.92 Å². The minimum Gasteiger partial charge on any atom is -0.508 e. The van der Waals surface area contributed by atoms with Gasteiger partial charge in [0.15, 0.2) is 0 Å². The van der Waals surface area contributed by atoms with Crippen LogP contribution in [0.4, 0.5) is 13.2 Å². The molecule has 0 aromatic heterocycles. The number of unbranched alkanes of at least 4 members (excludes halogenated alkanes) is 3. The molecule has 0 saturated heterocycles. The van der Waals surface area contributed by atoms with E-state index in [0.717, 1.165) is 19.3 Å². The number of phenols is 1. The Morgan fingerprint density at radius 1 is 1.22 bits per heavy atom. The number of ether oxygens (including phenoxy) is 1. The molecule has 7 heteroatoms. The van der Waals surface area contributed by atoms with E-state index in [1.807, 2.05) is 20.8 Å². The number of carbonyl (C=O) groups is 1. The van der Waals surface area contributed by atoms with Crippen molar-refractivity contribution in [1.82, 2.24) is 0 Å². The van der Waals surface area contributed by atoms with Crippen molar-refractivity contribution in [2.24, 2.45) is 5.92 Å². The van der Waals surface area contributed by atoms with Crippen molar-refractivity contribution in [3.05, 3.63) is 34.9 Å². The van der Waals surface area contributed by atoms with Crippen molar-refractivity contribution in [2.75, 3.05) is 0 Å². The van der Waals surface area contributed by atoms with E-state index in [2.05, 4.69) is 0 Å². The maximum atomic E-state index is 14.2. The van der Waals surface area contributed by atoms with Gasteiger partial charge >= 0.3 is 12.1 Å². The first-order chi connectivity index (χ1) is 14.8. The zero-order valence-electron chi connectivity index (χ0n) is 19.2. The molecule has 3 rings (SSSR count). The molecule has 3 atom stereocenters. The van der Waals surface area contributed by atoms with E-state index in [9.17, 15) is 28.2 Å². The number of alkyl halides is 3. The van der Waals surface area contributed by atoms with E-state index >= 15 is 0 Å². The fourth-order valence-corrected chi connectivity index (χ4v) is 5.24. The molecule has 0 amide bonds. The Bertz CT molecular complexity index is 903. The number of allylic oxidation sites excluding steroid dienone is 1. The highest BCUT2D eigenvalue weighted by molar-refractivity contribution is 5.87. The molecule has 4 nitrogen and oxygen atoms in total. The fourth-order valence-electron chi connectivity index (χ4n) is 5.24. The smallest absolute Gasteiger partial charge is 0.398 e. The number of hydrogen-bond acceptors (Lipinski definition) is 3. The third kappa shape index (κ3) is 4.35. The van der Waals surface area contributed by atoms with Crippen LogP contribution < -0.4 is 4.74 Å². The third-order valence-corrected chi connectivity index (χ3v) is 7.37. The summed E-state index contributed by atoms with van der Waals surface area (Å²) >= 11 is 0. The standard InChI is InChI=1S/C25H33F3O4/c1-5-6-7-8-11-24(4,25(26,27)28)16-13-19(29)21-17-12-15(22(30)31)9-10-18(17)23(2,3)32-20(21)14-16/h9,13-14,17-18,29H,5-8,10-12H2,1-4H3,(H,30,31)/t17-,18-,24?/m1/s1. The van der Waals surface area contributed by atoms with Crippen molar-refractivity contribution in [1.29, 1.82) is 0 Å². The average molecular weight is 455 g/mol. The summed E-state index contributed by atoms with van der Waals surface area (Å²) in [7, 11) is 0. The maximum absolute atomic E-state index is 14.2. The van der Waals surface area contributed by atoms with Crippen LogP contribution in [0.5, 0.6) is 11.5 Å². The Kier molecular flexibility index (Phi) is 6.60. The summed E-state index contributed by atoms with van der Waals surface area (Å²) in [6.45, 7) is 6.92. The molecule has 1 heterocycles. The van der Waals surface area contributed by atoms with E-state index < -0.39 is 23.2 Å². The van der Waals surface area contributed by atoms with Gasteiger partial charge in [-0.1, -0.05) is 38.7 Å². The molecule has 1 aliphatic heterocycles. The first kappa shape index (κ1) is 24.5. The molecule has 1 aromatic rings. The van der Waals surface area contributed by atoms with Crippen LogP contribution in [0.3, 0.4) is 0 Å². The molecule has 1 aliphatic carbocycles. The van der Waals surface area contributed by atoms with Crippen molar-refractivity contribution in [3.8, 4) is 11.5 Å². The Labute approximate surface area is 187 Å². The monoisotopic (exact) mass is 454 g/mol. The normalized spacial score (nSPS) is 23.9. The molecule has 0 saturated carbocycles. The van der Waals surface area contributed by atoms with Crippen molar-refractivity contribution in [3.63, 3.8) is 0 Å². The van der Waals surface area contributed by atoms with E-state index in [1.165, 1.54) is 19.1 Å². The van der Waals surface area contributed by atoms with Crippen molar-refractivity contribution >= 4 is 5.97 Å². The Morgan fingerprint density at radius 3 is 2.50 bits per heavy atom. The lowest BCUT2D eigenvalue weighted by molar-refractivity contribution is -0.188. The quantitative estimate of drug-likeness (QED) is 0.442. The van der Waals surface area contributed by atoms with Crippen LogP contribution in [-0.4, -0.2) is 28.0 Å². The molecule has 2 N–H and O–H groups in total. The van der Waals surface area contributed by atoms with E-state index in [-0.39, 0.29) is 47.3 Å². The zero-order valence-corrected chi connectivity index (χ0v) is 19.2. The molecular formula is C25H33F3O4. The molecule has 0 spiro atoms. The average Bonchev–Trinajstić information content (AvgIpc) is 2.68. The molecule has 0 fully saturated rings. The number of halogens is 3. The summed E-state index contributed by atoms with van der Waals surface area (Å²) in [4.78, 5) is 11.5. The second kappa shape index (κ2) is 8.64. The molecule has 32 heavy (non-hydrogen) atoms. The van der Waals surface area contributed by atoms with Gasteiger partial charge < -0.3 is 14.9 Å². The number of carboxylic acids is 1. The molecule has 1 unspecified atom stereocenters. The highest BCUT2D eigenvalue weighted by Crippen LogP contribution is 2.56. The second-order valence-corrected chi connectivity index (χ2v) is 9.94. The minimum absolute atomic E-state index is 0.0168. The molecule has 0 bridgehead atoms. The number of hydrogen-bond donors (Lipinski definition) is 2. The van der Waals surface area contributed by atoms with Crippen molar-refractivity contribution in [2.45, 2.75) is 95.8 Å². The van der Waals surface area contributed by atoms with Gasteiger partial charge in [-0.15, -0.1) is 0 Å². The number of aromatic hydroxyl groups is 1. The lowest BCUT2D eigenvalue weighted by atomic mass is 9.66. The van der Waals surface area contributed by atoms with Crippen LogP contribution in [-0.2, 0) is 10.2 Å². The number of carboxylic acid groups (broad SMARTS) is 1. The lowest BCUT2D eigenvalue weighted by Crippen LogP contribution is -2.46. The number of rotatable bonds is 7. The Hall–Kier alpha value is -2.18. The second-order valence-electron chi connectivity index (χ2n) is 9.94. The third-order valence-electron chi connectivity index (χ3n) is 7.37. The molecule has 0 radical (unpaired) electrons. The van der Waals surface area contributed by atoms with Gasteiger partial charge in [0.25, 0.3) is 0 Å². The summed E-state index contributed by atoms with van der Waals surface area (Å²) in [6.07, 6.45) is 0.763. The highest BCUT2D eigenvalue weighted by Gasteiger charge is 2.53. The zero-order chi connectivity index (χ0) is 23.9. The van der Waals surface area contributed by atoms with Crippen LogP contribution in [0.25, 0.3) is 0 Å². The first-order valence-electron chi connectivity index (χ1n) is 11.4. The Morgan fingerprint density at radius 2 is 1.91 bits per heavy atom. The molecule has 178 valence electrons. The van der Waals surface area contributed by atoms with Gasteiger partial charge in [-0.3, -0.25) is 0 Å². The van der Waals surface area contributed by atoms with Crippen LogP contribution >= 0.6 is 0 Å². The van der Waals surface area contributed by atoms with Gasteiger partial charge in [-0.05, 0) is 57.7 Å². The van der Waals surface area contributed by atoms with Crippen molar-refractivity contribution < 1.29 is 32.9 Å². The summed E-state index contributed by atoms with van der Waals surface area (Å²) in [5, 5.41) is 20.3. The van der Waals surface area contributed by atoms with E-state index in [0.29, 0.717) is 18.4 Å². The van der Waals surface area contributed by atoms with E-state index in [1.54, 1.807) is 6.08 Å². The number of fused-ring (bicyclic) bond motifs is 3. The summed E-state index contributed by atoms with van der Waals surface area (Å²) in [5.74, 6) is -1.46. The molecule has 2 aliphatic rings. The van der Waals surface area contributed by atoms with Crippen LogP contribution in [0.2, 0.25) is 0 Å². The predicted molar refractivity (Wildman–Crippen MR) is 116 cm³/mol. The van der Waals surface area contributed by atoms with Gasteiger partial charge in [-0.25, -0.2) is 4.79 Å². The summed E-state index contributed by atoms with van der Waals surface area (Å²) in [5.41, 5.74) is -2.17. The number of phenolic OH excluding ortho intramolecular Hbond substituents is 1.